The molecule has 1 aromatic carbocycles. The van der Waals surface area contributed by atoms with Crippen LogP contribution >= 0.6 is 0 Å². The molecule has 3 aromatic rings. The summed E-state index contributed by atoms with van der Waals surface area (Å²) in [5, 5.41) is 18.4. The fourth-order valence-corrected chi connectivity index (χ4v) is 2.59. The number of carboxylic acids is 1. The number of benzene rings is 1. The van der Waals surface area contributed by atoms with Crippen LogP contribution in [-0.2, 0) is 11.3 Å². The zero-order chi connectivity index (χ0) is 19.0. The Kier molecular flexibility index (Phi) is 3.88. The number of anilines is 1. The molecule has 11 nitrogen and oxygen atoms in total. The van der Waals surface area contributed by atoms with Gasteiger partial charge in [0.05, 0.1) is 5.69 Å². The van der Waals surface area contributed by atoms with Crippen molar-refractivity contribution in [2.45, 2.75) is 6.54 Å². The van der Waals surface area contributed by atoms with Gasteiger partial charge in [0.25, 0.3) is 17.6 Å². The summed E-state index contributed by atoms with van der Waals surface area (Å²) in [6.45, 7) is 0.107. The number of aromatic carboxylic acids is 1. The molecule has 1 aliphatic heterocycles. The maximum Gasteiger partial charge on any atom is 0.354 e. The first-order chi connectivity index (χ1) is 13.0. The predicted octanol–water partition coefficient (Wildman–Crippen LogP) is 0.0834. The summed E-state index contributed by atoms with van der Waals surface area (Å²) in [5.74, 6) is -1.52. The third-order valence-electron chi connectivity index (χ3n) is 3.83. The Bertz CT molecular complexity index is 1090. The molecule has 3 N–H and O–H groups in total. The van der Waals surface area contributed by atoms with Gasteiger partial charge in [-0.1, -0.05) is 6.07 Å². The van der Waals surface area contributed by atoms with Crippen molar-refractivity contribution in [1.82, 2.24) is 24.9 Å². The molecule has 27 heavy (non-hydrogen) atoms. The molecule has 0 aliphatic carbocycles. The number of aromatic nitrogens is 4. The van der Waals surface area contributed by atoms with E-state index in [-0.39, 0.29) is 36.2 Å². The van der Waals surface area contributed by atoms with Crippen LogP contribution in [0.25, 0.3) is 5.78 Å². The molecule has 11 heteroatoms. The van der Waals surface area contributed by atoms with Crippen LogP contribution in [0, 0.1) is 0 Å². The van der Waals surface area contributed by atoms with Gasteiger partial charge in [-0.25, -0.2) is 9.78 Å². The van der Waals surface area contributed by atoms with Crippen molar-refractivity contribution in [3.05, 3.63) is 47.5 Å². The van der Waals surface area contributed by atoms with Gasteiger partial charge in [-0.2, -0.15) is 14.6 Å². The van der Waals surface area contributed by atoms with Crippen molar-refractivity contribution in [2.24, 2.45) is 0 Å². The maximum absolute atomic E-state index is 12.4. The predicted molar refractivity (Wildman–Crippen MR) is 89.5 cm³/mol. The highest BCUT2D eigenvalue weighted by atomic mass is 16.5. The molecule has 1 aliphatic rings. The van der Waals surface area contributed by atoms with E-state index >= 15 is 0 Å². The Labute approximate surface area is 151 Å². The molecule has 0 unspecified atom stereocenters. The van der Waals surface area contributed by atoms with Crippen molar-refractivity contribution in [2.75, 3.05) is 11.9 Å². The van der Waals surface area contributed by atoms with Crippen LogP contribution in [0.5, 0.6) is 5.75 Å². The van der Waals surface area contributed by atoms with E-state index in [2.05, 4.69) is 25.7 Å². The number of ether oxygens (including phenoxy) is 1. The van der Waals surface area contributed by atoms with Crippen LogP contribution in [-0.4, -0.2) is 49.1 Å². The second-order valence-corrected chi connectivity index (χ2v) is 5.65. The fourth-order valence-electron chi connectivity index (χ4n) is 2.59. The number of rotatable bonds is 4. The van der Waals surface area contributed by atoms with E-state index in [0.717, 1.165) is 22.5 Å². The summed E-state index contributed by atoms with van der Waals surface area (Å²) in [5.41, 5.74) is 0.919. The van der Waals surface area contributed by atoms with E-state index in [0.29, 0.717) is 11.4 Å². The number of nitrogens with one attached hydrogen (secondary N) is 2. The Morgan fingerprint density at radius 2 is 2.19 bits per heavy atom. The quantitative estimate of drug-likeness (QED) is 0.586. The highest BCUT2D eigenvalue weighted by Gasteiger charge is 2.18. The zero-order valence-corrected chi connectivity index (χ0v) is 13.7. The van der Waals surface area contributed by atoms with E-state index < -0.39 is 11.9 Å². The van der Waals surface area contributed by atoms with E-state index in [4.69, 9.17) is 4.74 Å². The number of carbonyl (C=O) groups is 3. The van der Waals surface area contributed by atoms with Gasteiger partial charge in [0.1, 0.15) is 17.8 Å². The highest BCUT2D eigenvalue weighted by Crippen LogP contribution is 2.28. The number of amides is 2. The number of carbonyl (C=O) groups excluding carboxylic acids is 2. The number of nitrogens with zero attached hydrogens (tertiary/aromatic N) is 4. The van der Waals surface area contributed by atoms with Crippen molar-refractivity contribution < 1.29 is 24.2 Å². The minimum absolute atomic E-state index is 0.00805. The molecule has 0 bridgehead atoms. The normalized spacial score (nSPS) is 12.8. The van der Waals surface area contributed by atoms with Crippen molar-refractivity contribution in [3.8, 4) is 5.75 Å². The molecule has 2 aromatic heterocycles. The number of carboxylic acid groups (broad SMARTS) is 1. The smallest absolute Gasteiger partial charge is 0.354 e. The molecule has 0 spiro atoms. The summed E-state index contributed by atoms with van der Waals surface area (Å²) in [6, 6.07) is 6.25. The van der Waals surface area contributed by atoms with Crippen molar-refractivity contribution in [3.63, 3.8) is 0 Å². The topological polar surface area (TPSA) is 148 Å². The van der Waals surface area contributed by atoms with Crippen molar-refractivity contribution in [1.29, 1.82) is 0 Å². The molecular formula is C16H12N6O5. The fraction of sp³-hybridized carbons (Fsp3) is 0.125. The third-order valence-corrected chi connectivity index (χ3v) is 3.83. The standard InChI is InChI=1S/C16H12N6O5/c23-13-6-27-12-2-1-8(3-9(12)20-13)5-17-14(24)10-4-11(15(25)26)22-16(21-10)18-7-19-22/h1-4,7H,5-6H2,(H,17,24)(H,20,23)(H,25,26). The van der Waals surface area contributed by atoms with Gasteiger partial charge in [0, 0.05) is 12.6 Å². The van der Waals surface area contributed by atoms with Crippen LogP contribution in [0.2, 0.25) is 0 Å². The van der Waals surface area contributed by atoms with Gasteiger partial charge in [-0.05, 0) is 17.7 Å². The molecule has 2 amide bonds. The highest BCUT2D eigenvalue weighted by molar-refractivity contribution is 5.96. The maximum atomic E-state index is 12.4. The van der Waals surface area contributed by atoms with Gasteiger partial charge < -0.3 is 20.5 Å². The van der Waals surface area contributed by atoms with E-state index in [1.165, 1.54) is 0 Å². The van der Waals surface area contributed by atoms with Gasteiger partial charge >= 0.3 is 5.97 Å². The summed E-state index contributed by atoms with van der Waals surface area (Å²) < 4.78 is 6.31. The SMILES string of the molecule is O=C1COc2ccc(CNC(=O)c3cc(C(=O)O)n4ncnc4n3)cc2N1. The lowest BCUT2D eigenvalue weighted by molar-refractivity contribution is -0.118. The van der Waals surface area contributed by atoms with Gasteiger partial charge in [-0.3, -0.25) is 9.59 Å². The van der Waals surface area contributed by atoms with Crippen LogP contribution in [0.4, 0.5) is 5.69 Å². The molecule has 0 fully saturated rings. The van der Waals surface area contributed by atoms with E-state index in [9.17, 15) is 19.5 Å². The lowest BCUT2D eigenvalue weighted by Crippen LogP contribution is -2.27. The van der Waals surface area contributed by atoms with Crippen LogP contribution in [0.15, 0.2) is 30.6 Å². The second-order valence-electron chi connectivity index (χ2n) is 5.65. The molecule has 0 radical (unpaired) electrons. The first-order valence-electron chi connectivity index (χ1n) is 7.79. The summed E-state index contributed by atoms with van der Waals surface area (Å²) in [7, 11) is 0. The monoisotopic (exact) mass is 368 g/mol. The average molecular weight is 368 g/mol. The largest absolute Gasteiger partial charge is 0.482 e. The molecule has 136 valence electrons. The lowest BCUT2D eigenvalue weighted by atomic mass is 10.1. The van der Waals surface area contributed by atoms with Gasteiger partial charge in [0.2, 0.25) is 0 Å². The Morgan fingerprint density at radius 3 is 3.00 bits per heavy atom. The minimum atomic E-state index is -1.26. The Morgan fingerprint density at radius 1 is 1.33 bits per heavy atom. The van der Waals surface area contributed by atoms with Crippen LogP contribution < -0.4 is 15.4 Å². The van der Waals surface area contributed by atoms with E-state index in [1.807, 2.05) is 0 Å². The first kappa shape index (κ1) is 16.4. The number of hydrogen-bond acceptors (Lipinski definition) is 7. The summed E-state index contributed by atoms with van der Waals surface area (Å²) in [4.78, 5) is 42.9. The molecule has 0 atom stereocenters. The molecule has 0 saturated heterocycles. The van der Waals surface area contributed by atoms with Crippen molar-refractivity contribution >= 4 is 29.2 Å². The molecular weight excluding hydrogens is 356 g/mol. The van der Waals surface area contributed by atoms with Crippen LogP contribution in [0.3, 0.4) is 0 Å². The summed E-state index contributed by atoms with van der Waals surface area (Å²) >= 11 is 0. The average Bonchev–Trinajstić information content (AvgIpc) is 3.13. The molecule has 3 heterocycles. The lowest BCUT2D eigenvalue weighted by Gasteiger charge is -2.18. The van der Waals surface area contributed by atoms with Crippen LogP contribution in [0.1, 0.15) is 26.5 Å². The van der Waals surface area contributed by atoms with E-state index in [1.54, 1.807) is 18.2 Å². The minimum Gasteiger partial charge on any atom is -0.482 e. The van der Waals surface area contributed by atoms with Gasteiger partial charge in [0.15, 0.2) is 12.3 Å². The Balaban J connectivity index is 1.53. The second kappa shape index (κ2) is 6.37. The zero-order valence-electron chi connectivity index (χ0n) is 13.7. The Hall–Kier alpha value is -4.02. The first-order valence-corrected chi connectivity index (χ1v) is 7.79. The number of fused-ring (bicyclic) bond motifs is 2. The molecule has 4 rings (SSSR count). The van der Waals surface area contributed by atoms with Gasteiger partial charge in [-0.15, -0.1) is 0 Å². The summed E-state index contributed by atoms with van der Waals surface area (Å²) in [6.07, 6.45) is 1.15. The third kappa shape index (κ3) is 3.13. The number of hydrogen-bond donors (Lipinski definition) is 3. The molecule has 0 saturated carbocycles.